The zero-order valence-corrected chi connectivity index (χ0v) is 21.5. The van der Waals surface area contributed by atoms with Crippen LogP contribution in [0, 0.1) is 5.41 Å². The molecule has 3 rings (SSSR count). The minimum absolute atomic E-state index is 0.000235. The summed E-state index contributed by atoms with van der Waals surface area (Å²) < 4.78 is 97.1. The zero-order chi connectivity index (χ0) is 30.1. The van der Waals surface area contributed by atoms with Crippen molar-refractivity contribution in [1.82, 2.24) is 15.0 Å². The summed E-state index contributed by atoms with van der Waals surface area (Å²) in [5.74, 6) is -3.41. The molecule has 0 spiro atoms. The van der Waals surface area contributed by atoms with Gasteiger partial charge in [0.2, 0.25) is 11.7 Å². The summed E-state index contributed by atoms with van der Waals surface area (Å²) in [7, 11) is 0. The van der Waals surface area contributed by atoms with E-state index in [9.17, 15) is 30.7 Å². The van der Waals surface area contributed by atoms with Crippen LogP contribution < -0.4 is 10.5 Å². The van der Waals surface area contributed by atoms with E-state index < -0.39 is 36.1 Å². The number of likely N-dealkylation sites (tertiary alicyclic amines) is 1. The number of carboxylic acid groups (broad SMARTS) is 1. The standard InChI is InChI=1S/C22H29F4N5O2.C2HF3O2/c1-2-3-4-5-6-7-10-32-18-9-8-14(11-16(18)22(24,25)26)19-29-20(33-30-19)17-12-15(23)13-31(17)21(27)28;3-2(4,5)1(6)7/h8-9,11,15,17H,2-7,10,12-13H2,1H3,(H3,27,28);(H,6,7)/t15-,17+;/m1./s1. The molecule has 16 heteroatoms. The normalized spacial score (nSPS) is 17.4. The van der Waals surface area contributed by atoms with Crippen molar-refractivity contribution in [3.8, 4) is 17.1 Å². The fourth-order valence-electron chi connectivity index (χ4n) is 3.85. The number of guanidine groups is 1. The number of alkyl halides is 7. The molecule has 40 heavy (non-hydrogen) atoms. The van der Waals surface area contributed by atoms with Gasteiger partial charge in [0.15, 0.2) is 5.96 Å². The van der Waals surface area contributed by atoms with Crippen molar-refractivity contribution in [2.45, 2.75) is 76.4 Å². The third-order valence-corrected chi connectivity index (χ3v) is 5.83. The van der Waals surface area contributed by atoms with Crippen molar-refractivity contribution >= 4 is 11.9 Å². The van der Waals surface area contributed by atoms with E-state index in [2.05, 4.69) is 17.1 Å². The molecule has 0 amide bonds. The number of nitrogens with one attached hydrogen (secondary N) is 1. The Morgan fingerprint density at radius 1 is 1.18 bits per heavy atom. The maximum Gasteiger partial charge on any atom is 0.490 e. The summed E-state index contributed by atoms with van der Waals surface area (Å²) in [4.78, 5) is 14.3. The molecular weight excluding hydrogens is 555 g/mol. The fraction of sp³-hybridized carbons (Fsp3) is 0.583. The van der Waals surface area contributed by atoms with E-state index in [0.717, 1.165) is 38.2 Å². The first-order valence-corrected chi connectivity index (χ1v) is 12.4. The lowest BCUT2D eigenvalue weighted by Crippen LogP contribution is -2.36. The number of aromatic nitrogens is 2. The summed E-state index contributed by atoms with van der Waals surface area (Å²) in [6.07, 6.45) is -4.92. The van der Waals surface area contributed by atoms with Gasteiger partial charge in [0.25, 0.3) is 0 Å². The van der Waals surface area contributed by atoms with Gasteiger partial charge in [-0.05, 0) is 24.6 Å². The molecule has 0 radical (unpaired) electrons. The van der Waals surface area contributed by atoms with Gasteiger partial charge < -0.3 is 25.0 Å². The third-order valence-electron chi connectivity index (χ3n) is 5.83. The highest BCUT2D eigenvalue weighted by atomic mass is 19.4. The number of carbonyl (C=O) groups is 1. The number of ether oxygens (including phenoxy) is 1. The van der Waals surface area contributed by atoms with E-state index in [1.54, 1.807) is 0 Å². The molecule has 0 bridgehead atoms. The van der Waals surface area contributed by atoms with Crippen LogP contribution in [0.1, 0.15) is 69.4 Å². The Bertz CT molecular complexity index is 1120. The van der Waals surface area contributed by atoms with Crippen LogP contribution in [0.3, 0.4) is 0 Å². The van der Waals surface area contributed by atoms with Crippen molar-refractivity contribution in [3.05, 3.63) is 29.7 Å². The number of rotatable bonds is 10. The van der Waals surface area contributed by atoms with E-state index in [4.69, 9.17) is 30.3 Å². The molecule has 2 heterocycles. The minimum atomic E-state index is -5.08. The highest BCUT2D eigenvalue weighted by molar-refractivity contribution is 5.75. The van der Waals surface area contributed by atoms with Gasteiger partial charge in [-0.2, -0.15) is 31.3 Å². The van der Waals surface area contributed by atoms with Crippen LogP contribution in [0.2, 0.25) is 0 Å². The SMILES string of the molecule is CCCCCCCCOc1ccc(-c2noc([C@@H]3C[C@@H](F)CN3C(=N)N)n2)cc1C(F)(F)F.O=C(O)C(F)(F)F. The van der Waals surface area contributed by atoms with Crippen LogP contribution in [0.5, 0.6) is 5.75 Å². The predicted octanol–water partition coefficient (Wildman–Crippen LogP) is 6.11. The first-order valence-electron chi connectivity index (χ1n) is 12.4. The maximum absolute atomic E-state index is 13.8. The molecule has 1 fully saturated rings. The number of benzene rings is 1. The number of halogens is 7. The van der Waals surface area contributed by atoms with E-state index >= 15 is 0 Å². The van der Waals surface area contributed by atoms with E-state index in [1.807, 2.05) is 0 Å². The van der Waals surface area contributed by atoms with Gasteiger partial charge in [-0.15, -0.1) is 0 Å². The minimum Gasteiger partial charge on any atom is -0.493 e. The van der Waals surface area contributed by atoms with Crippen molar-refractivity contribution in [2.24, 2.45) is 5.73 Å². The van der Waals surface area contributed by atoms with Gasteiger partial charge in [-0.1, -0.05) is 44.2 Å². The number of aliphatic carboxylic acids is 1. The van der Waals surface area contributed by atoms with Crippen LogP contribution in [0.4, 0.5) is 30.7 Å². The molecular formula is C24H30F7N5O4. The Balaban J connectivity index is 0.000000708. The molecule has 2 aromatic rings. The summed E-state index contributed by atoms with van der Waals surface area (Å²) in [6.45, 7) is 2.24. The molecule has 1 aliphatic heterocycles. The molecule has 224 valence electrons. The third kappa shape index (κ3) is 9.55. The Labute approximate surface area is 225 Å². The lowest BCUT2D eigenvalue weighted by molar-refractivity contribution is -0.192. The van der Waals surface area contributed by atoms with Crippen molar-refractivity contribution in [2.75, 3.05) is 13.2 Å². The van der Waals surface area contributed by atoms with Gasteiger partial charge >= 0.3 is 18.3 Å². The summed E-state index contributed by atoms with van der Waals surface area (Å²) in [5.41, 5.74) is 4.65. The highest BCUT2D eigenvalue weighted by Crippen LogP contribution is 2.39. The Hall–Kier alpha value is -3.59. The number of carboxylic acids is 1. The van der Waals surface area contributed by atoms with Gasteiger partial charge in [-0.3, -0.25) is 5.41 Å². The molecule has 9 nitrogen and oxygen atoms in total. The van der Waals surface area contributed by atoms with Crippen molar-refractivity contribution < 1.29 is 49.9 Å². The van der Waals surface area contributed by atoms with Gasteiger partial charge in [0, 0.05) is 12.0 Å². The molecule has 2 atom stereocenters. The average Bonchev–Trinajstić information content (AvgIpc) is 3.50. The molecule has 1 aromatic heterocycles. The molecule has 1 aliphatic rings. The largest absolute Gasteiger partial charge is 0.493 e. The molecule has 1 aromatic carbocycles. The summed E-state index contributed by atoms with van der Waals surface area (Å²) in [6, 6.07) is 2.86. The summed E-state index contributed by atoms with van der Waals surface area (Å²) >= 11 is 0. The lowest BCUT2D eigenvalue weighted by atomic mass is 10.1. The van der Waals surface area contributed by atoms with Crippen LogP contribution in [-0.2, 0) is 11.0 Å². The first kappa shape index (κ1) is 32.6. The maximum atomic E-state index is 13.8. The van der Waals surface area contributed by atoms with Gasteiger partial charge in [0.1, 0.15) is 18.0 Å². The highest BCUT2D eigenvalue weighted by Gasteiger charge is 2.39. The fourth-order valence-corrected chi connectivity index (χ4v) is 3.85. The van der Waals surface area contributed by atoms with E-state index in [1.165, 1.54) is 17.0 Å². The second kappa shape index (κ2) is 14.2. The second-order valence-electron chi connectivity index (χ2n) is 8.97. The van der Waals surface area contributed by atoms with Gasteiger partial charge in [0.05, 0.1) is 18.7 Å². The number of unbranched alkanes of at least 4 members (excludes halogenated alkanes) is 5. The van der Waals surface area contributed by atoms with Crippen LogP contribution in [-0.4, -0.2) is 57.6 Å². The molecule has 4 N–H and O–H groups in total. The topological polar surface area (TPSA) is 139 Å². The number of hydrogen-bond acceptors (Lipinski definition) is 6. The van der Waals surface area contributed by atoms with Crippen LogP contribution in [0.25, 0.3) is 11.4 Å². The Morgan fingerprint density at radius 3 is 2.38 bits per heavy atom. The molecule has 0 aliphatic carbocycles. The number of nitrogens with two attached hydrogens (primary N) is 1. The molecule has 0 unspecified atom stereocenters. The van der Waals surface area contributed by atoms with Crippen LogP contribution >= 0.6 is 0 Å². The monoisotopic (exact) mass is 585 g/mol. The molecule has 1 saturated heterocycles. The van der Waals surface area contributed by atoms with Crippen molar-refractivity contribution in [1.29, 1.82) is 5.41 Å². The van der Waals surface area contributed by atoms with Crippen LogP contribution in [0.15, 0.2) is 22.7 Å². The number of nitrogens with zero attached hydrogens (tertiary/aromatic N) is 3. The van der Waals surface area contributed by atoms with E-state index in [0.29, 0.717) is 6.42 Å². The average molecular weight is 586 g/mol. The smallest absolute Gasteiger partial charge is 0.490 e. The first-order chi connectivity index (χ1) is 18.6. The number of hydrogen-bond donors (Lipinski definition) is 3. The van der Waals surface area contributed by atoms with Crippen molar-refractivity contribution in [3.63, 3.8) is 0 Å². The molecule has 0 saturated carbocycles. The zero-order valence-electron chi connectivity index (χ0n) is 21.5. The second-order valence-corrected chi connectivity index (χ2v) is 8.97. The van der Waals surface area contributed by atoms with E-state index in [-0.39, 0.29) is 48.6 Å². The Kier molecular flexibility index (Phi) is 11.5. The van der Waals surface area contributed by atoms with Gasteiger partial charge in [-0.25, -0.2) is 9.18 Å². The summed E-state index contributed by atoms with van der Waals surface area (Å²) in [5, 5.41) is 18.5. The Morgan fingerprint density at radius 2 is 1.80 bits per heavy atom. The quantitative estimate of drug-likeness (QED) is 0.132. The predicted molar refractivity (Wildman–Crippen MR) is 128 cm³/mol. The lowest BCUT2D eigenvalue weighted by Gasteiger charge is -2.20.